The minimum absolute atomic E-state index is 0.0364. The molecule has 2 saturated heterocycles. The second-order valence-electron chi connectivity index (χ2n) is 8.71. The van der Waals surface area contributed by atoms with Gasteiger partial charge in [-0.15, -0.1) is 0 Å². The van der Waals surface area contributed by atoms with E-state index in [9.17, 15) is 9.59 Å². The van der Waals surface area contributed by atoms with Crippen molar-refractivity contribution < 1.29 is 14.0 Å². The van der Waals surface area contributed by atoms with Crippen molar-refractivity contribution in [3.05, 3.63) is 42.8 Å². The van der Waals surface area contributed by atoms with Crippen LogP contribution >= 0.6 is 0 Å². The van der Waals surface area contributed by atoms with Crippen LogP contribution in [0.5, 0.6) is 0 Å². The van der Waals surface area contributed by atoms with E-state index < -0.39 is 0 Å². The largest absolute Gasteiger partial charge is 0.444 e. The smallest absolute Gasteiger partial charge is 0.236 e. The Morgan fingerprint density at radius 1 is 1.06 bits per heavy atom. The lowest BCUT2D eigenvalue weighted by Crippen LogP contribution is -2.44. The minimum Gasteiger partial charge on any atom is -0.444 e. The predicted molar refractivity (Wildman–Crippen MR) is 119 cm³/mol. The van der Waals surface area contributed by atoms with Crippen LogP contribution in [0.3, 0.4) is 0 Å². The van der Waals surface area contributed by atoms with Crippen molar-refractivity contribution in [3.8, 4) is 11.3 Å². The molecule has 2 aliphatic rings. The molecule has 1 aromatic carbocycles. The van der Waals surface area contributed by atoms with Crippen molar-refractivity contribution in [1.29, 1.82) is 0 Å². The topological polar surface area (TPSA) is 92.4 Å². The standard InChI is InChI=1S/C24H27N5O3/c30-21(17-5-9-29(10-6-17)24(31)15-28-7-1-2-8-28)12-23-26-13-19-4-3-18(11-20(19)27-23)22-14-25-16-32-22/h3-4,11,13-14,16-17H,1-2,5-10,12,15H2. The van der Waals surface area contributed by atoms with Crippen molar-refractivity contribution in [1.82, 2.24) is 24.8 Å². The molecule has 32 heavy (non-hydrogen) atoms. The van der Waals surface area contributed by atoms with E-state index in [1.54, 1.807) is 12.4 Å². The highest BCUT2D eigenvalue weighted by Crippen LogP contribution is 2.24. The van der Waals surface area contributed by atoms with Crippen LogP contribution in [0.15, 0.2) is 41.4 Å². The fourth-order valence-electron chi connectivity index (χ4n) is 4.64. The summed E-state index contributed by atoms with van der Waals surface area (Å²) >= 11 is 0. The molecule has 166 valence electrons. The number of hydrogen-bond donors (Lipinski definition) is 0. The predicted octanol–water partition coefficient (Wildman–Crippen LogP) is 2.73. The number of fused-ring (bicyclic) bond motifs is 1. The van der Waals surface area contributed by atoms with Gasteiger partial charge in [-0.3, -0.25) is 14.5 Å². The van der Waals surface area contributed by atoms with Gasteiger partial charge in [0.25, 0.3) is 0 Å². The number of hydrogen-bond acceptors (Lipinski definition) is 7. The summed E-state index contributed by atoms with van der Waals surface area (Å²) < 4.78 is 5.37. The summed E-state index contributed by atoms with van der Waals surface area (Å²) in [6.07, 6.45) is 8.83. The lowest BCUT2D eigenvalue weighted by molar-refractivity contribution is -0.135. The molecule has 2 fully saturated rings. The summed E-state index contributed by atoms with van der Waals surface area (Å²) in [4.78, 5) is 42.5. The Balaban J connectivity index is 1.19. The van der Waals surface area contributed by atoms with E-state index in [0.29, 0.717) is 44.1 Å². The van der Waals surface area contributed by atoms with Crippen molar-refractivity contribution in [2.45, 2.75) is 32.1 Å². The molecule has 1 amide bonds. The van der Waals surface area contributed by atoms with E-state index in [-0.39, 0.29) is 24.0 Å². The van der Waals surface area contributed by atoms with Gasteiger partial charge in [0.1, 0.15) is 11.6 Å². The first-order valence-electron chi connectivity index (χ1n) is 11.3. The number of oxazole rings is 1. The van der Waals surface area contributed by atoms with Gasteiger partial charge >= 0.3 is 0 Å². The van der Waals surface area contributed by atoms with E-state index in [1.807, 2.05) is 23.1 Å². The average Bonchev–Trinajstić information content (AvgIpc) is 3.53. The highest BCUT2D eigenvalue weighted by molar-refractivity contribution is 5.85. The highest BCUT2D eigenvalue weighted by Gasteiger charge is 2.28. The maximum Gasteiger partial charge on any atom is 0.236 e. The molecule has 0 spiro atoms. The molecule has 0 N–H and O–H groups in total. The van der Waals surface area contributed by atoms with Gasteiger partial charge in [-0.25, -0.2) is 15.0 Å². The summed E-state index contributed by atoms with van der Waals surface area (Å²) in [6.45, 7) is 3.86. The first kappa shape index (κ1) is 20.8. The molecule has 5 rings (SSSR count). The van der Waals surface area contributed by atoms with Crippen LogP contribution in [0.4, 0.5) is 0 Å². The number of amides is 1. The van der Waals surface area contributed by atoms with Gasteiger partial charge in [-0.2, -0.15) is 0 Å². The maximum absolute atomic E-state index is 12.9. The van der Waals surface area contributed by atoms with Crippen LogP contribution < -0.4 is 0 Å². The number of aromatic nitrogens is 3. The third-order valence-corrected chi connectivity index (χ3v) is 6.54. The van der Waals surface area contributed by atoms with Crippen LogP contribution in [-0.4, -0.2) is 69.2 Å². The highest BCUT2D eigenvalue weighted by atomic mass is 16.3. The zero-order valence-corrected chi connectivity index (χ0v) is 18.1. The van der Waals surface area contributed by atoms with Crippen LogP contribution in [0.25, 0.3) is 22.2 Å². The molecule has 8 heteroatoms. The molecule has 2 aliphatic heterocycles. The molecule has 3 aromatic rings. The van der Waals surface area contributed by atoms with Gasteiger partial charge in [-0.1, -0.05) is 12.1 Å². The molecule has 0 saturated carbocycles. The molecule has 0 unspecified atom stereocenters. The third kappa shape index (κ3) is 4.55. The normalized spacial score (nSPS) is 17.8. The van der Waals surface area contributed by atoms with Crippen molar-refractivity contribution in [3.63, 3.8) is 0 Å². The van der Waals surface area contributed by atoms with Crippen molar-refractivity contribution in [2.75, 3.05) is 32.7 Å². The van der Waals surface area contributed by atoms with Gasteiger partial charge < -0.3 is 9.32 Å². The number of carbonyl (C=O) groups is 2. The summed E-state index contributed by atoms with van der Waals surface area (Å²) in [5, 5.41) is 0.911. The zero-order valence-electron chi connectivity index (χ0n) is 18.1. The van der Waals surface area contributed by atoms with E-state index in [4.69, 9.17) is 4.42 Å². The second kappa shape index (κ2) is 9.16. The molecule has 0 atom stereocenters. The number of carbonyl (C=O) groups excluding carboxylic acids is 2. The molecule has 8 nitrogen and oxygen atoms in total. The SMILES string of the molecule is O=C(Cc1ncc2ccc(-c3cnco3)cc2n1)C1CCN(C(=O)CN2CCCC2)CC1. The Hall–Kier alpha value is -3.13. The Labute approximate surface area is 186 Å². The molecule has 4 heterocycles. The lowest BCUT2D eigenvalue weighted by atomic mass is 9.90. The number of rotatable bonds is 6. The van der Waals surface area contributed by atoms with E-state index in [0.717, 1.165) is 29.6 Å². The number of benzene rings is 1. The van der Waals surface area contributed by atoms with E-state index in [2.05, 4.69) is 19.9 Å². The number of likely N-dealkylation sites (tertiary alicyclic amines) is 2. The number of nitrogens with zero attached hydrogens (tertiary/aromatic N) is 5. The molecule has 0 aliphatic carbocycles. The summed E-state index contributed by atoms with van der Waals surface area (Å²) in [7, 11) is 0. The van der Waals surface area contributed by atoms with Gasteiger partial charge in [-0.05, 0) is 44.8 Å². The molecular formula is C24H27N5O3. The summed E-state index contributed by atoms with van der Waals surface area (Å²) in [6, 6.07) is 5.81. The first-order valence-corrected chi connectivity index (χ1v) is 11.3. The Kier molecular flexibility index (Phi) is 5.94. The van der Waals surface area contributed by atoms with Crippen LogP contribution in [0.1, 0.15) is 31.5 Å². The van der Waals surface area contributed by atoms with Gasteiger partial charge in [0.05, 0.1) is 24.7 Å². The Bertz CT molecular complexity index is 1100. The molecule has 0 bridgehead atoms. The fraction of sp³-hybridized carbons (Fsp3) is 0.458. The zero-order chi connectivity index (χ0) is 21.9. The molecular weight excluding hydrogens is 406 g/mol. The number of piperidine rings is 1. The molecule has 2 aromatic heterocycles. The van der Waals surface area contributed by atoms with Crippen molar-refractivity contribution >= 4 is 22.6 Å². The molecule has 0 radical (unpaired) electrons. The Morgan fingerprint density at radius 2 is 1.88 bits per heavy atom. The minimum atomic E-state index is -0.0364. The van der Waals surface area contributed by atoms with E-state index >= 15 is 0 Å². The first-order chi connectivity index (χ1) is 15.7. The monoisotopic (exact) mass is 433 g/mol. The van der Waals surface area contributed by atoms with Crippen LogP contribution in [0.2, 0.25) is 0 Å². The number of ketones is 1. The van der Waals surface area contributed by atoms with Crippen LogP contribution in [0, 0.1) is 5.92 Å². The van der Waals surface area contributed by atoms with E-state index in [1.165, 1.54) is 19.2 Å². The fourth-order valence-corrected chi connectivity index (χ4v) is 4.64. The maximum atomic E-state index is 12.9. The van der Waals surface area contributed by atoms with Crippen LogP contribution in [-0.2, 0) is 16.0 Å². The quantitative estimate of drug-likeness (QED) is 0.590. The second-order valence-corrected chi connectivity index (χ2v) is 8.71. The Morgan fingerprint density at radius 3 is 2.62 bits per heavy atom. The third-order valence-electron chi connectivity index (χ3n) is 6.54. The van der Waals surface area contributed by atoms with Crippen molar-refractivity contribution in [2.24, 2.45) is 5.92 Å². The van der Waals surface area contributed by atoms with Gasteiger partial charge in [0.15, 0.2) is 12.2 Å². The van der Waals surface area contributed by atoms with Gasteiger partial charge in [0, 0.05) is 36.2 Å². The lowest BCUT2D eigenvalue weighted by Gasteiger charge is -2.32. The number of Topliss-reactive ketones (excluding diaryl/α,β-unsaturated/α-hetero) is 1. The summed E-state index contributed by atoms with van der Waals surface area (Å²) in [5.74, 6) is 1.52. The average molecular weight is 434 g/mol. The summed E-state index contributed by atoms with van der Waals surface area (Å²) in [5.41, 5.74) is 1.66. The van der Waals surface area contributed by atoms with Gasteiger partial charge in [0.2, 0.25) is 5.91 Å².